The molecule has 5 heteroatoms. The summed E-state index contributed by atoms with van der Waals surface area (Å²) in [6, 6.07) is 71.2. The van der Waals surface area contributed by atoms with Crippen molar-refractivity contribution < 1.29 is 4.74 Å². The van der Waals surface area contributed by atoms with E-state index >= 15 is 0 Å². The number of nitrogens with zero attached hydrogens (tertiary/aromatic N) is 4. The zero-order chi connectivity index (χ0) is 54.2. The number of hydrogen-bond acceptors (Lipinski definition) is 4. The summed E-state index contributed by atoms with van der Waals surface area (Å²) >= 11 is 0. The van der Waals surface area contributed by atoms with Crippen LogP contribution in [0.25, 0.3) is 38.8 Å². The molecule has 0 unspecified atom stereocenters. The van der Waals surface area contributed by atoms with Crippen LogP contribution in [0.5, 0.6) is 11.5 Å². The monoisotopic (exact) mass is 1010 g/mol. The van der Waals surface area contributed by atoms with Crippen LogP contribution in [0, 0.1) is 0 Å². The molecule has 0 amide bonds. The van der Waals surface area contributed by atoms with Crippen LogP contribution < -0.4 is 14.5 Å². The Balaban J connectivity index is 1.09. The van der Waals surface area contributed by atoms with Crippen LogP contribution in [0.1, 0.15) is 129 Å². The Kier molecular flexibility index (Phi) is 12.6. The molecule has 5 nitrogen and oxygen atoms in total. The average molecular weight is 1010 g/mol. The van der Waals surface area contributed by atoms with Gasteiger partial charge in [0.2, 0.25) is 0 Å². The fraction of sp³-hybridized carbons (Fsp3) is 0.264. The summed E-state index contributed by atoms with van der Waals surface area (Å²) in [4.78, 5) is 10.1. The number of ether oxygens (including phenoxy) is 1. The lowest BCUT2D eigenvalue weighted by Gasteiger charge is -2.32. The van der Waals surface area contributed by atoms with Gasteiger partial charge in [0.25, 0.3) is 0 Å². The lowest BCUT2D eigenvalue weighted by Crippen LogP contribution is -2.26. The third kappa shape index (κ3) is 9.60. The fourth-order valence-electron chi connectivity index (χ4n) is 11.5. The van der Waals surface area contributed by atoms with Crippen LogP contribution in [0.4, 0.5) is 22.7 Å². The number of fused-ring (bicyclic) bond motifs is 4. The number of anilines is 4. The predicted molar refractivity (Wildman–Crippen MR) is 326 cm³/mol. The molecular weight excluding hydrogens is 937 g/mol. The molecule has 0 aliphatic carbocycles. The molecular formula is C72H74N4O. The van der Waals surface area contributed by atoms with Gasteiger partial charge in [0.15, 0.2) is 0 Å². The van der Waals surface area contributed by atoms with Crippen LogP contribution in [0.2, 0.25) is 0 Å². The van der Waals surface area contributed by atoms with Crippen LogP contribution in [0.3, 0.4) is 0 Å². The molecule has 1 aliphatic rings. The zero-order valence-electron chi connectivity index (χ0n) is 47.5. The summed E-state index contributed by atoms with van der Waals surface area (Å²) in [6.07, 6.45) is 1.95. The summed E-state index contributed by atoms with van der Waals surface area (Å²) in [6.45, 7) is 30.8. The van der Waals surface area contributed by atoms with E-state index in [2.05, 4.69) is 298 Å². The van der Waals surface area contributed by atoms with E-state index in [0.717, 1.165) is 50.7 Å². The van der Waals surface area contributed by atoms with E-state index in [0.29, 0.717) is 6.67 Å². The van der Waals surface area contributed by atoms with Crippen LogP contribution in [-0.2, 0) is 27.1 Å². The molecule has 388 valence electrons. The minimum atomic E-state index is -0.363. The highest BCUT2D eigenvalue weighted by molar-refractivity contribution is 6.10. The van der Waals surface area contributed by atoms with Gasteiger partial charge in [-0.1, -0.05) is 199 Å². The third-order valence-corrected chi connectivity index (χ3v) is 16.3. The number of pyridine rings is 1. The van der Waals surface area contributed by atoms with Crippen molar-refractivity contribution in [2.75, 3.05) is 16.5 Å². The van der Waals surface area contributed by atoms with Gasteiger partial charge >= 0.3 is 0 Å². The SMILES string of the molecule is CC(C)(C)c1ccnc(-n2c3ccc(-c4ccccc4)cc3c3ccc(Oc4cc(N5CN(c6cccc(C(C)(C)c7ccccc7)c6)c6cc(C(C)(C)C)c(C(C)(C)C)cc65)cc(C(C)(C)c5ccccc5)c4)cc32)c1. The van der Waals surface area contributed by atoms with Crippen LogP contribution >= 0.6 is 0 Å². The molecule has 0 saturated carbocycles. The third-order valence-electron chi connectivity index (χ3n) is 16.3. The van der Waals surface area contributed by atoms with Gasteiger partial charge in [0.1, 0.15) is 24.0 Å². The zero-order valence-corrected chi connectivity index (χ0v) is 47.5. The highest BCUT2D eigenvalue weighted by atomic mass is 16.5. The summed E-state index contributed by atoms with van der Waals surface area (Å²) in [5.41, 5.74) is 17.2. The Labute approximate surface area is 457 Å². The van der Waals surface area contributed by atoms with Crippen LogP contribution in [-0.4, -0.2) is 16.2 Å². The minimum Gasteiger partial charge on any atom is -0.457 e. The Morgan fingerprint density at radius 1 is 0.377 bits per heavy atom. The van der Waals surface area contributed by atoms with E-state index in [1.165, 1.54) is 61.3 Å². The van der Waals surface area contributed by atoms with Crippen molar-refractivity contribution in [2.45, 2.75) is 117 Å². The van der Waals surface area contributed by atoms with Gasteiger partial charge in [0, 0.05) is 51.3 Å². The van der Waals surface area contributed by atoms with Crippen molar-refractivity contribution in [3.8, 4) is 28.4 Å². The first-order valence-corrected chi connectivity index (χ1v) is 27.5. The standard InChI is InChI=1S/C72H74N4O/c1-68(2,3)52-36-37-73-67(42-52)76-63-35-32-49(48-24-17-14-18-25-48)38-60(63)59-34-33-57(44-64(59)76)77-58-41-54(72(12,13)51-28-21-16-22-29-51)40-56(43-58)75-47-74(65-45-61(69(4,5)6)62(46-66(65)75)70(7,8)9)55-31-23-30-53(39-55)71(10,11)50-26-19-15-20-27-50/h14-46H,47H2,1-13H3. The summed E-state index contributed by atoms with van der Waals surface area (Å²) < 4.78 is 9.59. The summed E-state index contributed by atoms with van der Waals surface area (Å²) in [7, 11) is 0. The van der Waals surface area contributed by atoms with E-state index in [1.54, 1.807) is 0 Å². The molecule has 0 bridgehead atoms. The van der Waals surface area contributed by atoms with E-state index in [9.17, 15) is 0 Å². The van der Waals surface area contributed by atoms with Gasteiger partial charge in [-0.3, -0.25) is 4.57 Å². The number of aromatic nitrogens is 2. The maximum atomic E-state index is 7.28. The maximum Gasteiger partial charge on any atom is 0.137 e. The van der Waals surface area contributed by atoms with E-state index < -0.39 is 0 Å². The van der Waals surface area contributed by atoms with E-state index in [4.69, 9.17) is 9.72 Å². The van der Waals surface area contributed by atoms with Gasteiger partial charge < -0.3 is 14.5 Å². The first kappa shape index (κ1) is 51.2. The second-order valence-electron chi connectivity index (χ2n) is 25.5. The first-order chi connectivity index (χ1) is 36.6. The van der Waals surface area contributed by atoms with E-state index in [1.807, 2.05) is 6.20 Å². The first-order valence-electron chi connectivity index (χ1n) is 27.5. The molecule has 2 aromatic heterocycles. The highest BCUT2D eigenvalue weighted by Crippen LogP contribution is 2.51. The van der Waals surface area contributed by atoms with Crippen molar-refractivity contribution in [2.24, 2.45) is 0 Å². The topological polar surface area (TPSA) is 33.5 Å². The van der Waals surface area contributed by atoms with Gasteiger partial charge in [-0.25, -0.2) is 4.98 Å². The smallest absolute Gasteiger partial charge is 0.137 e. The lowest BCUT2D eigenvalue weighted by atomic mass is 9.74. The normalized spacial score (nSPS) is 13.4. The van der Waals surface area contributed by atoms with Crippen molar-refractivity contribution >= 4 is 44.6 Å². The van der Waals surface area contributed by atoms with Crippen molar-refractivity contribution in [3.05, 3.63) is 239 Å². The van der Waals surface area contributed by atoms with E-state index in [-0.39, 0.29) is 27.1 Å². The molecule has 0 fully saturated rings. The molecule has 3 heterocycles. The second kappa shape index (κ2) is 19.0. The summed E-state index contributed by atoms with van der Waals surface area (Å²) in [5, 5.41) is 2.31. The Hall–Kier alpha value is -7.89. The van der Waals surface area contributed by atoms with Crippen molar-refractivity contribution in [1.29, 1.82) is 0 Å². The molecule has 0 atom stereocenters. The molecule has 11 rings (SSSR count). The molecule has 1 aliphatic heterocycles. The highest BCUT2D eigenvalue weighted by Gasteiger charge is 2.36. The molecule has 0 spiro atoms. The number of benzene rings is 8. The summed E-state index contributed by atoms with van der Waals surface area (Å²) in [5.74, 6) is 2.41. The Morgan fingerprint density at radius 2 is 0.948 bits per heavy atom. The molecule has 8 aromatic carbocycles. The Morgan fingerprint density at radius 3 is 1.56 bits per heavy atom. The van der Waals surface area contributed by atoms with Crippen LogP contribution in [0.15, 0.2) is 200 Å². The van der Waals surface area contributed by atoms with Gasteiger partial charge in [0.05, 0.1) is 22.4 Å². The largest absolute Gasteiger partial charge is 0.457 e. The molecule has 0 saturated heterocycles. The molecule has 0 N–H and O–H groups in total. The minimum absolute atomic E-state index is 0.0547. The molecule has 0 radical (unpaired) electrons. The molecule has 10 aromatic rings. The molecule has 77 heavy (non-hydrogen) atoms. The van der Waals surface area contributed by atoms with Gasteiger partial charge in [-0.05, 0) is 139 Å². The maximum absolute atomic E-state index is 7.28. The Bertz CT molecular complexity index is 3810. The lowest BCUT2D eigenvalue weighted by molar-refractivity contribution is 0.480. The quantitative estimate of drug-likeness (QED) is 0.137. The van der Waals surface area contributed by atoms with Gasteiger partial charge in [-0.15, -0.1) is 0 Å². The average Bonchev–Trinajstić information content (AvgIpc) is 4.03. The number of rotatable bonds is 10. The van der Waals surface area contributed by atoms with Gasteiger partial charge in [-0.2, -0.15) is 0 Å². The second-order valence-corrected chi connectivity index (χ2v) is 25.5. The van der Waals surface area contributed by atoms with Crippen molar-refractivity contribution in [1.82, 2.24) is 9.55 Å². The fourth-order valence-corrected chi connectivity index (χ4v) is 11.5. The number of hydrogen-bond donors (Lipinski definition) is 0. The predicted octanol–water partition coefficient (Wildman–Crippen LogP) is 19.4. The van der Waals surface area contributed by atoms with Crippen molar-refractivity contribution in [3.63, 3.8) is 0 Å².